The van der Waals surface area contributed by atoms with E-state index in [4.69, 9.17) is 17.3 Å². The highest BCUT2D eigenvalue weighted by Crippen LogP contribution is 2.21. The number of nitrogens with zero attached hydrogens (tertiary/aromatic N) is 2. The molecule has 1 heterocycles. The van der Waals surface area contributed by atoms with Gasteiger partial charge in [-0.1, -0.05) is 11.6 Å². The summed E-state index contributed by atoms with van der Waals surface area (Å²) in [5.41, 5.74) is 6.29. The summed E-state index contributed by atoms with van der Waals surface area (Å²) in [4.78, 5) is 8.12. The van der Waals surface area contributed by atoms with E-state index in [-0.39, 0.29) is 5.95 Å². The van der Waals surface area contributed by atoms with Crippen LogP contribution in [0.25, 0.3) is 10.9 Å². The molecule has 1 aromatic carbocycles. The Labute approximate surface area is 93.5 Å². The lowest BCUT2D eigenvalue weighted by Crippen LogP contribution is -1.97. The Kier molecular flexibility index (Phi) is 2.25. The third-order valence-electron chi connectivity index (χ3n) is 1.63. The first-order valence-electron chi connectivity index (χ1n) is 3.55. The van der Waals surface area contributed by atoms with Crippen LogP contribution in [-0.2, 0) is 0 Å². The quantitative estimate of drug-likeness (QED) is 0.601. The summed E-state index contributed by atoms with van der Waals surface area (Å²) in [5, 5.41) is 1.63. The SMILES string of the molecule is Nc1nc(I)c2ccc(Cl)cc2n1. The Morgan fingerprint density at radius 1 is 1.31 bits per heavy atom. The molecule has 0 bridgehead atoms. The highest BCUT2D eigenvalue weighted by atomic mass is 127. The lowest BCUT2D eigenvalue weighted by Gasteiger charge is -2.00. The van der Waals surface area contributed by atoms with Crippen molar-refractivity contribution in [2.45, 2.75) is 0 Å². The molecular formula is C8H5ClIN3. The van der Waals surface area contributed by atoms with E-state index in [1.54, 1.807) is 6.07 Å². The van der Waals surface area contributed by atoms with Crippen LogP contribution in [0, 0.1) is 3.70 Å². The maximum absolute atomic E-state index is 5.82. The van der Waals surface area contributed by atoms with Gasteiger partial charge in [0.15, 0.2) is 0 Å². The van der Waals surface area contributed by atoms with Gasteiger partial charge in [0.05, 0.1) is 5.52 Å². The van der Waals surface area contributed by atoms with Crippen LogP contribution in [0.2, 0.25) is 5.02 Å². The second-order valence-corrected chi connectivity index (χ2v) is 3.99. The Hall–Kier alpha value is -0.620. The van der Waals surface area contributed by atoms with Gasteiger partial charge in [0.25, 0.3) is 0 Å². The summed E-state index contributed by atoms with van der Waals surface area (Å²) >= 11 is 7.94. The predicted octanol–water partition coefficient (Wildman–Crippen LogP) is 2.47. The van der Waals surface area contributed by atoms with E-state index in [0.717, 1.165) is 14.6 Å². The molecule has 2 rings (SSSR count). The van der Waals surface area contributed by atoms with E-state index in [1.807, 2.05) is 12.1 Å². The van der Waals surface area contributed by atoms with Crippen LogP contribution in [0.1, 0.15) is 0 Å². The van der Waals surface area contributed by atoms with E-state index < -0.39 is 0 Å². The molecule has 0 unspecified atom stereocenters. The lowest BCUT2D eigenvalue weighted by atomic mass is 10.2. The Morgan fingerprint density at radius 2 is 2.08 bits per heavy atom. The van der Waals surface area contributed by atoms with Crippen LogP contribution in [0.4, 0.5) is 5.95 Å². The van der Waals surface area contributed by atoms with Crippen molar-refractivity contribution < 1.29 is 0 Å². The minimum Gasteiger partial charge on any atom is -0.368 e. The molecular weight excluding hydrogens is 300 g/mol. The fraction of sp³-hybridized carbons (Fsp3) is 0. The Bertz CT molecular complexity index is 467. The number of hydrogen-bond donors (Lipinski definition) is 1. The fourth-order valence-corrected chi connectivity index (χ4v) is 1.95. The number of anilines is 1. The molecule has 66 valence electrons. The van der Waals surface area contributed by atoms with Gasteiger partial charge >= 0.3 is 0 Å². The van der Waals surface area contributed by atoms with Gasteiger partial charge in [0, 0.05) is 10.4 Å². The number of hydrogen-bond acceptors (Lipinski definition) is 3. The van der Waals surface area contributed by atoms with E-state index in [1.165, 1.54) is 0 Å². The van der Waals surface area contributed by atoms with Crippen LogP contribution in [0.15, 0.2) is 18.2 Å². The highest BCUT2D eigenvalue weighted by molar-refractivity contribution is 14.1. The van der Waals surface area contributed by atoms with Gasteiger partial charge in [-0.3, -0.25) is 0 Å². The van der Waals surface area contributed by atoms with Crippen molar-refractivity contribution >= 4 is 51.0 Å². The highest BCUT2D eigenvalue weighted by Gasteiger charge is 2.03. The van der Waals surface area contributed by atoms with Gasteiger partial charge in [-0.2, -0.15) is 0 Å². The molecule has 1 aromatic heterocycles. The lowest BCUT2D eigenvalue weighted by molar-refractivity contribution is 1.21. The van der Waals surface area contributed by atoms with Crippen molar-refractivity contribution in [1.82, 2.24) is 9.97 Å². The van der Waals surface area contributed by atoms with Crippen molar-refractivity contribution in [1.29, 1.82) is 0 Å². The second-order valence-electron chi connectivity index (χ2n) is 2.53. The molecule has 2 aromatic rings. The van der Waals surface area contributed by atoms with Crippen LogP contribution in [0.5, 0.6) is 0 Å². The molecule has 2 N–H and O–H groups in total. The van der Waals surface area contributed by atoms with Gasteiger partial charge < -0.3 is 5.73 Å². The van der Waals surface area contributed by atoms with Gasteiger partial charge in [-0.05, 0) is 40.8 Å². The minimum atomic E-state index is 0.277. The smallest absolute Gasteiger partial charge is 0.221 e. The van der Waals surface area contributed by atoms with E-state index in [0.29, 0.717) is 5.02 Å². The van der Waals surface area contributed by atoms with Crippen molar-refractivity contribution in [3.05, 3.63) is 26.9 Å². The zero-order valence-corrected chi connectivity index (χ0v) is 9.37. The molecule has 3 nitrogen and oxygen atoms in total. The first-order valence-corrected chi connectivity index (χ1v) is 5.01. The number of nitrogens with two attached hydrogens (primary N) is 1. The predicted molar refractivity (Wildman–Crippen MR) is 61.7 cm³/mol. The number of nitrogen functional groups attached to an aromatic ring is 1. The number of benzene rings is 1. The van der Waals surface area contributed by atoms with Crippen LogP contribution in [0.3, 0.4) is 0 Å². The van der Waals surface area contributed by atoms with E-state index in [2.05, 4.69) is 32.6 Å². The first kappa shape index (κ1) is 8.96. The Morgan fingerprint density at radius 3 is 2.85 bits per heavy atom. The van der Waals surface area contributed by atoms with E-state index >= 15 is 0 Å². The standard InChI is InChI=1S/C8H5ClIN3/c9-4-1-2-5-6(3-4)12-8(11)13-7(5)10/h1-3H,(H2,11,12,13). The average Bonchev–Trinajstić information content (AvgIpc) is 2.02. The summed E-state index contributed by atoms with van der Waals surface area (Å²) in [6, 6.07) is 5.47. The van der Waals surface area contributed by atoms with Gasteiger partial charge in [-0.25, -0.2) is 9.97 Å². The minimum absolute atomic E-state index is 0.277. The first-order chi connectivity index (χ1) is 6.16. The normalized spacial score (nSPS) is 10.6. The molecule has 0 radical (unpaired) electrons. The van der Waals surface area contributed by atoms with Crippen molar-refractivity contribution in [3.63, 3.8) is 0 Å². The maximum atomic E-state index is 5.82. The molecule has 5 heteroatoms. The zero-order valence-electron chi connectivity index (χ0n) is 6.46. The molecule has 0 saturated heterocycles. The average molecular weight is 306 g/mol. The fourth-order valence-electron chi connectivity index (χ4n) is 1.08. The summed E-state index contributed by atoms with van der Waals surface area (Å²) in [7, 11) is 0. The zero-order chi connectivity index (χ0) is 9.42. The van der Waals surface area contributed by atoms with Crippen LogP contribution < -0.4 is 5.73 Å². The molecule has 0 aliphatic carbocycles. The number of halogens is 2. The van der Waals surface area contributed by atoms with Gasteiger partial charge in [0.1, 0.15) is 3.70 Å². The maximum Gasteiger partial charge on any atom is 0.221 e. The third kappa shape index (κ3) is 1.68. The molecule has 0 atom stereocenters. The second kappa shape index (κ2) is 3.26. The van der Waals surface area contributed by atoms with Gasteiger partial charge in [0.2, 0.25) is 5.95 Å². The van der Waals surface area contributed by atoms with Crippen LogP contribution in [-0.4, -0.2) is 9.97 Å². The molecule has 0 saturated carbocycles. The Balaban J connectivity index is 2.86. The summed E-state index contributed by atoms with van der Waals surface area (Å²) in [6.45, 7) is 0. The monoisotopic (exact) mass is 305 g/mol. The topological polar surface area (TPSA) is 51.8 Å². The van der Waals surface area contributed by atoms with Crippen LogP contribution >= 0.6 is 34.2 Å². The van der Waals surface area contributed by atoms with E-state index in [9.17, 15) is 0 Å². The molecule has 0 aliphatic heterocycles. The number of aromatic nitrogens is 2. The number of rotatable bonds is 0. The molecule has 0 spiro atoms. The summed E-state index contributed by atoms with van der Waals surface area (Å²) in [6.07, 6.45) is 0. The summed E-state index contributed by atoms with van der Waals surface area (Å²) < 4.78 is 0.844. The molecule has 13 heavy (non-hydrogen) atoms. The molecule has 0 amide bonds. The number of fused-ring (bicyclic) bond motifs is 1. The van der Waals surface area contributed by atoms with Crippen molar-refractivity contribution in [2.75, 3.05) is 5.73 Å². The largest absolute Gasteiger partial charge is 0.368 e. The third-order valence-corrected chi connectivity index (χ3v) is 2.69. The van der Waals surface area contributed by atoms with Crippen molar-refractivity contribution in [2.24, 2.45) is 0 Å². The molecule has 0 aliphatic rings. The molecule has 0 fully saturated rings. The van der Waals surface area contributed by atoms with Crippen molar-refractivity contribution in [3.8, 4) is 0 Å². The van der Waals surface area contributed by atoms with Gasteiger partial charge in [-0.15, -0.1) is 0 Å². The summed E-state index contributed by atoms with van der Waals surface area (Å²) in [5.74, 6) is 0.277.